The van der Waals surface area contributed by atoms with E-state index in [0.29, 0.717) is 12.8 Å². The van der Waals surface area contributed by atoms with E-state index in [-0.39, 0.29) is 23.7 Å². The van der Waals surface area contributed by atoms with Crippen LogP contribution in [0.2, 0.25) is 0 Å². The lowest BCUT2D eigenvalue weighted by Crippen LogP contribution is -2.52. The molecule has 1 aromatic carbocycles. The molecule has 3 rings (SSSR count). The second-order valence-electron chi connectivity index (χ2n) is 8.66. The Bertz CT molecular complexity index is 838. The SMILES string of the molecule is CO[C@H]1C[C@H](OC)[C@@H](ONC(=O)Oc2cccc(OC(=O)NO[C@H]3[C@H](C)O[C@H](OC)C[C@@H]3OC)c2)[C@H](C)O1. The highest BCUT2D eigenvalue weighted by Crippen LogP contribution is 2.26. The smallest absolute Gasteiger partial charge is 0.409 e. The van der Waals surface area contributed by atoms with E-state index >= 15 is 0 Å². The predicted octanol–water partition coefficient (Wildman–Crippen LogP) is 2.06. The van der Waals surface area contributed by atoms with Gasteiger partial charge in [0.05, 0.1) is 24.4 Å². The summed E-state index contributed by atoms with van der Waals surface area (Å²) in [5, 5.41) is 0. The number of ether oxygens (including phenoxy) is 8. The Morgan fingerprint density at radius 3 is 1.53 bits per heavy atom. The highest BCUT2D eigenvalue weighted by Gasteiger charge is 2.39. The number of hydrogen-bond acceptors (Lipinski definition) is 12. The van der Waals surface area contributed by atoms with E-state index < -0.39 is 49.2 Å². The van der Waals surface area contributed by atoms with Gasteiger partial charge in [0.2, 0.25) is 0 Å². The van der Waals surface area contributed by atoms with Crippen LogP contribution in [0, 0.1) is 0 Å². The minimum absolute atomic E-state index is 0.104. The molecule has 2 aliphatic heterocycles. The van der Waals surface area contributed by atoms with Crippen LogP contribution in [0.3, 0.4) is 0 Å². The van der Waals surface area contributed by atoms with Gasteiger partial charge in [-0.3, -0.25) is 9.68 Å². The van der Waals surface area contributed by atoms with Gasteiger partial charge in [0, 0.05) is 47.3 Å². The number of carbonyl (C=O) groups is 2. The maximum absolute atomic E-state index is 12.3. The zero-order valence-corrected chi connectivity index (χ0v) is 22.2. The van der Waals surface area contributed by atoms with E-state index in [9.17, 15) is 9.59 Å². The molecule has 38 heavy (non-hydrogen) atoms. The predicted molar refractivity (Wildman–Crippen MR) is 128 cm³/mol. The van der Waals surface area contributed by atoms with Crippen molar-refractivity contribution in [1.82, 2.24) is 11.0 Å². The molecule has 2 saturated heterocycles. The number of rotatable bonds is 10. The van der Waals surface area contributed by atoms with Gasteiger partial charge in [0.25, 0.3) is 0 Å². The molecule has 0 unspecified atom stereocenters. The van der Waals surface area contributed by atoms with Crippen molar-refractivity contribution < 1.29 is 57.2 Å². The average Bonchev–Trinajstić information content (AvgIpc) is 2.90. The van der Waals surface area contributed by atoms with Crippen molar-refractivity contribution in [2.24, 2.45) is 0 Å². The Balaban J connectivity index is 1.47. The molecule has 2 amide bonds. The van der Waals surface area contributed by atoms with Crippen molar-refractivity contribution in [2.45, 2.75) is 75.9 Å². The molecule has 2 fully saturated rings. The average molecular weight is 545 g/mol. The van der Waals surface area contributed by atoms with Gasteiger partial charge in [-0.05, 0) is 26.0 Å². The second-order valence-corrected chi connectivity index (χ2v) is 8.66. The molecule has 1 aromatic rings. The van der Waals surface area contributed by atoms with Crippen LogP contribution in [0.4, 0.5) is 9.59 Å². The first-order valence-corrected chi connectivity index (χ1v) is 12.1. The van der Waals surface area contributed by atoms with Crippen LogP contribution >= 0.6 is 0 Å². The van der Waals surface area contributed by atoms with E-state index in [0.717, 1.165) is 0 Å². The number of carbonyl (C=O) groups excluding carboxylic acids is 2. The molecule has 214 valence electrons. The summed E-state index contributed by atoms with van der Waals surface area (Å²) >= 11 is 0. The molecule has 0 bridgehead atoms. The Morgan fingerprint density at radius 2 is 1.16 bits per heavy atom. The fourth-order valence-corrected chi connectivity index (χ4v) is 4.19. The van der Waals surface area contributed by atoms with E-state index in [1.165, 1.54) is 46.6 Å². The van der Waals surface area contributed by atoms with Crippen molar-refractivity contribution in [3.63, 3.8) is 0 Å². The van der Waals surface area contributed by atoms with E-state index in [1.54, 1.807) is 19.9 Å². The molecule has 8 atom stereocenters. The number of amides is 2. The second kappa shape index (κ2) is 14.6. The summed E-state index contributed by atoms with van der Waals surface area (Å²) in [4.78, 5) is 35.5. The lowest BCUT2D eigenvalue weighted by molar-refractivity contribution is -0.259. The van der Waals surface area contributed by atoms with Crippen LogP contribution < -0.4 is 20.4 Å². The van der Waals surface area contributed by atoms with Gasteiger partial charge in [-0.25, -0.2) is 9.59 Å². The van der Waals surface area contributed by atoms with Crippen LogP contribution in [-0.2, 0) is 38.1 Å². The third-order valence-corrected chi connectivity index (χ3v) is 6.16. The van der Waals surface area contributed by atoms with Gasteiger partial charge >= 0.3 is 12.2 Å². The molecule has 14 heteroatoms. The molecule has 0 saturated carbocycles. The van der Waals surface area contributed by atoms with E-state index in [4.69, 9.17) is 47.6 Å². The third kappa shape index (κ3) is 8.22. The molecule has 2 N–H and O–H groups in total. The van der Waals surface area contributed by atoms with Gasteiger partial charge in [0.15, 0.2) is 12.6 Å². The lowest BCUT2D eigenvalue weighted by atomic mass is 10.0. The van der Waals surface area contributed by atoms with Gasteiger partial charge < -0.3 is 37.9 Å². The summed E-state index contributed by atoms with van der Waals surface area (Å²) in [5.74, 6) is 0.208. The van der Waals surface area contributed by atoms with Crippen molar-refractivity contribution in [3.8, 4) is 11.5 Å². The molecule has 0 spiro atoms. The molecule has 0 radical (unpaired) electrons. The maximum atomic E-state index is 12.3. The fourth-order valence-electron chi connectivity index (χ4n) is 4.19. The molecule has 2 heterocycles. The molecular formula is C24H36N2O12. The highest BCUT2D eigenvalue weighted by atomic mass is 16.7. The first-order valence-electron chi connectivity index (χ1n) is 12.1. The number of hydroxylamine groups is 2. The van der Waals surface area contributed by atoms with Gasteiger partial charge in [-0.1, -0.05) is 6.07 Å². The van der Waals surface area contributed by atoms with Crippen LogP contribution in [0.15, 0.2) is 24.3 Å². The van der Waals surface area contributed by atoms with Crippen molar-refractivity contribution in [3.05, 3.63) is 24.3 Å². The molecule has 14 nitrogen and oxygen atoms in total. The standard InChI is InChI=1S/C24H36N2O12/c1-13-21(17(29-3)11-19(31-5)33-13)37-25-23(27)35-15-8-7-9-16(10-15)36-24(28)26-38-22-14(2)34-20(32-6)12-18(22)30-4/h7-10,13-14,17-22H,11-12H2,1-6H3,(H,25,27)(H,26,28)/t13-,14-,17-,18-,19-,20+,21-,22-/m0/s1. The number of hydrogen-bond donors (Lipinski definition) is 2. The zero-order valence-electron chi connectivity index (χ0n) is 22.2. The summed E-state index contributed by atoms with van der Waals surface area (Å²) in [5.41, 5.74) is 4.46. The van der Waals surface area contributed by atoms with Gasteiger partial charge in [0.1, 0.15) is 23.7 Å². The third-order valence-electron chi connectivity index (χ3n) is 6.16. The summed E-state index contributed by atoms with van der Waals surface area (Å²) in [7, 11) is 6.14. The van der Waals surface area contributed by atoms with E-state index in [2.05, 4.69) is 11.0 Å². The summed E-state index contributed by atoms with van der Waals surface area (Å²) in [6, 6.07) is 5.90. The molecule has 2 aliphatic rings. The van der Waals surface area contributed by atoms with E-state index in [1.807, 2.05) is 0 Å². The van der Waals surface area contributed by atoms with Crippen LogP contribution in [0.5, 0.6) is 11.5 Å². The molecule has 0 aliphatic carbocycles. The van der Waals surface area contributed by atoms with Crippen LogP contribution in [0.1, 0.15) is 26.7 Å². The monoisotopic (exact) mass is 544 g/mol. The first-order chi connectivity index (χ1) is 18.3. The Labute approximate surface area is 220 Å². The lowest BCUT2D eigenvalue weighted by Gasteiger charge is -2.38. The van der Waals surface area contributed by atoms with Crippen molar-refractivity contribution >= 4 is 12.2 Å². The van der Waals surface area contributed by atoms with Crippen LogP contribution in [0.25, 0.3) is 0 Å². The quantitative estimate of drug-likeness (QED) is 0.415. The minimum Gasteiger partial charge on any atom is -0.409 e. The summed E-state index contributed by atoms with van der Waals surface area (Å²) < 4.78 is 43.1. The Kier molecular flexibility index (Phi) is 11.5. The minimum atomic E-state index is -0.892. The van der Waals surface area contributed by atoms with Crippen molar-refractivity contribution in [1.29, 1.82) is 0 Å². The summed E-state index contributed by atoms with van der Waals surface area (Å²) in [6.07, 6.45) is -4.55. The highest BCUT2D eigenvalue weighted by molar-refractivity contribution is 5.71. The Hall–Kier alpha value is -2.56. The Morgan fingerprint density at radius 1 is 0.737 bits per heavy atom. The molecule has 0 aromatic heterocycles. The number of benzene rings is 1. The van der Waals surface area contributed by atoms with Crippen LogP contribution in [-0.4, -0.2) is 89.8 Å². The first kappa shape index (κ1) is 30.0. The van der Waals surface area contributed by atoms with Crippen molar-refractivity contribution in [2.75, 3.05) is 28.4 Å². The zero-order chi connectivity index (χ0) is 27.7. The topological polar surface area (TPSA) is 150 Å². The number of nitrogens with one attached hydrogen (secondary N) is 2. The number of methoxy groups -OCH3 is 4. The van der Waals surface area contributed by atoms with Gasteiger partial charge in [-0.2, -0.15) is 11.0 Å². The summed E-state index contributed by atoms with van der Waals surface area (Å²) in [6.45, 7) is 3.55. The normalized spacial score (nSPS) is 31.3. The molecular weight excluding hydrogens is 508 g/mol. The maximum Gasteiger partial charge on any atom is 0.436 e. The fraction of sp³-hybridized carbons (Fsp3) is 0.667. The van der Waals surface area contributed by atoms with Gasteiger partial charge in [-0.15, -0.1) is 0 Å². The largest absolute Gasteiger partial charge is 0.436 e.